The zero-order valence-corrected chi connectivity index (χ0v) is 20.3. The second kappa shape index (κ2) is 9.69. The summed E-state index contributed by atoms with van der Waals surface area (Å²) in [6, 6.07) is 9.61. The molecule has 1 atom stereocenters. The third-order valence-electron chi connectivity index (χ3n) is 4.96. The SMILES string of the molecule is COc1cc(Br)c([C@@H](C[N+](=O)[O-])Sc2nnc(C)n2-c2ccc(C)c(C)c2)cc1OC. The highest BCUT2D eigenvalue weighted by atomic mass is 79.9. The lowest BCUT2D eigenvalue weighted by atomic mass is 10.1. The molecule has 164 valence electrons. The van der Waals surface area contributed by atoms with Gasteiger partial charge in [0.25, 0.3) is 0 Å². The topological polar surface area (TPSA) is 92.3 Å². The number of benzene rings is 2. The molecule has 0 aliphatic rings. The average Bonchev–Trinajstić information content (AvgIpc) is 3.09. The van der Waals surface area contributed by atoms with E-state index in [9.17, 15) is 10.1 Å². The standard InChI is InChI=1S/C21H23BrN4O4S/c1-12-6-7-15(8-13(12)2)26-14(3)23-24-21(26)31-20(11-25(27)28)16-9-18(29-4)19(30-5)10-17(16)22/h6-10,20H,11H2,1-5H3/t20-/m1/s1. The summed E-state index contributed by atoms with van der Waals surface area (Å²) in [6.45, 7) is 5.66. The molecule has 0 fully saturated rings. The third-order valence-corrected chi connectivity index (χ3v) is 6.81. The number of ether oxygens (including phenoxy) is 2. The second-order valence-corrected chi connectivity index (χ2v) is 9.01. The average molecular weight is 507 g/mol. The van der Waals surface area contributed by atoms with E-state index in [1.807, 2.05) is 30.5 Å². The third kappa shape index (κ3) is 5.01. The van der Waals surface area contributed by atoms with Crippen LogP contribution in [-0.2, 0) is 0 Å². The van der Waals surface area contributed by atoms with Crippen molar-refractivity contribution in [1.82, 2.24) is 14.8 Å². The molecular formula is C21H23BrN4O4S. The molecule has 0 N–H and O–H groups in total. The van der Waals surface area contributed by atoms with E-state index in [4.69, 9.17) is 9.47 Å². The molecule has 1 aromatic heterocycles. The van der Waals surface area contributed by atoms with E-state index in [-0.39, 0.29) is 11.5 Å². The molecule has 0 aliphatic heterocycles. The largest absolute Gasteiger partial charge is 0.493 e. The number of hydrogen-bond acceptors (Lipinski definition) is 7. The Bertz CT molecular complexity index is 1120. The van der Waals surface area contributed by atoms with Crippen LogP contribution in [0.1, 0.15) is 27.8 Å². The zero-order chi connectivity index (χ0) is 22.7. The number of rotatable bonds is 8. The van der Waals surface area contributed by atoms with Gasteiger partial charge in [-0.05, 0) is 61.7 Å². The number of hydrogen-bond donors (Lipinski definition) is 0. The highest BCUT2D eigenvalue weighted by Crippen LogP contribution is 2.43. The molecule has 0 unspecified atom stereocenters. The van der Waals surface area contributed by atoms with Gasteiger partial charge in [0.1, 0.15) is 11.1 Å². The maximum Gasteiger partial charge on any atom is 0.220 e. The van der Waals surface area contributed by atoms with Crippen molar-refractivity contribution < 1.29 is 14.4 Å². The summed E-state index contributed by atoms with van der Waals surface area (Å²) < 4.78 is 13.3. The summed E-state index contributed by atoms with van der Waals surface area (Å²) >= 11 is 4.82. The Kier molecular flexibility index (Phi) is 7.22. The quantitative estimate of drug-likeness (QED) is 0.239. The van der Waals surface area contributed by atoms with Crippen molar-refractivity contribution in [1.29, 1.82) is 0 Å². The molecular weight excluding hydrogens is 484 g/mol. The van der Waals surface area contributed by atoms with Crippen LogP contribution >= 0.6 is 27.7 Å². The Labute approximate surface area is 193 Å². The first-order valence-corrected chi connectivity index (χ1v) is 11.1. The molecule has 3 rings (SSSR count). The molecule has 0 spiro atoms. The first kappa shape index (κ1) is 23.1. The summed E-state index contributed by atoms with van der Waals surface area (Å²) in [5.74, 6) is 1.75. The van der Waals surface area contributed by atoms with Gasteiger partial charge in [-0.15, -0.1) is 10.2 Å². The minimum atomic E-state index is -0.530. The predicted molar refractivity (Wildman–Crippen MR) is 123 cm³/mol. The Morgan fingerprint density at radius 1 is 1.10 bits per heavy atom. The normalized spacial score (nSPS) is 11.9. The molecule has 0 bridgehead atoms. The van der Waals surface area contributed by atoms with E-state index < -0.39 is 5.25 Å². The molecule has 8 nitrogen and oxygen atoms in total. The Hall–Kier alpha value is -2.59. The van der Waals surface area contributed by atoms with Crippen LogP contribution in [-0.4, -0.2) is 40.5 Å². The van der Waals surface area contributed by atoms with Crippen molar-refractivity contribution >= 4 is 27.7 Å². The van der Waals surface area contributed by atoms with Crippen molar-refractivity contribution in [3.05, 3.63) is 67.4 Å². The Morgan fingerprint density at radius 3 is 2.39 bits per heavy atom. The summed E-state index contributed by atoms with van der Waals surface area (Å²) in [5.41, 5.74) is 3.96. The molecule has 2 aromatic carbocycles. The van der Waals surface area contributed by atoms with E-state index in [1.165, 1.54) is 24.4 Å². The van der Waals surface area contributed by atoms with Crippen molar-refractivity contribution in [2.75, 3.05) is 20.8 Å². The van der Waals surface area contributed by atoms with Crippen LogP contribution in [0.5, 0.6) is 11.5 Å². The number of thioether (sulfide) groups is 1. The van der Waals surface area contributed by atoms with Crippen molar-refractivity contribution in [3.8, 4) is 17.2 Å². The van der Waals surface area contributed by atoms with Gasteiger partial charge in [0.2, 0.25) is 6.54 Å². The second-order valence-electron chi connectivity index (χ2n) is 6.98. The highest BCUT2D eigenvalue weighted by Gasteiger charge is 2.27. The van der Waals surface area contributed by atoms with Gasteiger partial charge in [-0.2, -0.15) is 0 Å². The van der Waals surface area contributed by atoms with Gasteiger partial charge in [0.15, 0.2) is 16.7 Å². The molecule has 3 aromatic rings. The molecule has 1 heterocycles. The molecule has 0 saturated carbocycles. The maximum absolute atomic E-state index is 11.5. The fraction of sp³-hybridized carbons (Fsp3) is 0.333. The van der Waals surface area contributed by atoms with Crippen molar-refractivity contribution in [2.45, 2.75) is 31.2 Å². The molecule has 0 amide bonds. The van der Waals surface area contributed by atoms with Crippen LogP contribution in [0, 0.1) is 30.9 Å². The fourth-order valence-electron chi connectivity index (χ4n) is 3.16. The van der Waals surface area contributed by atoms with Gasteiger partial charge >= 0.3 is 0 Å². The van der Waals surface area contributed by atoms with Crippen LogP contribution in [0.15, 0.2) is 40.0 Å². The van der Waals surface area contributed by atoms with E-state index in [1.54, 1.807) is 19.2 Å². The number of nitrogens with zero attached hydrogens (tertiary/aromatic N) is 4. The van der Waals surface area contributed by atoms with Gasteiger partial charge in [-0.25, -0.2) is 0 Å². The Morgan fingerprint density at radius 2 is 1.77 bits per heavy atom. The number of nitro groups is 1. The first-order valence-electron chi connectivity index (χ1n) is 9.44. The molecule has 10 heteroatoms. The van der Waals surface area contributed by atoms with E-state index in [2.05, 4.69) is 39.1 Å². The molecule has 0 aliphatic carbocycles. The highest BCUT2D eigenvalue weighted by molar-refractivity contribution is 9.10. The molecule has 0 radical (unpaired) electrons. The smallest absolute Gasteiger partial charge is 0.220 e. The number of aromatic nitrogens is 3. The van der Waals surface area contributed by atoms with Gasteiger partial charge in [0, 0.05) is 15.1 Å². The monoisotopic (exact) mass is 506 g/mol. The number of halogens is 1. The zero-order valence-electron chi connectivity index (χ0n) is 17.9. The minimum Gasteiger partial charge on any atom is -0.493 e. The molecule has 0 saturated heterocycles. The summed E-state index contributed by atoms with van der Waals surface area (Å²) in [6.07, 6.45) is 0. The minimum absolute atomic E-state index is 0.294. The lowest BCUT2D eigenvalue weighted by Gasteiger charge is -2.18. The summed E-state index contributed by atoms with van der Waals surface area (Å²) in [5, 5.41) is 20.1. The Balaban J connectivity index is 2.06. The van der Waals surface area contributed by atoms with Crippen molar-refractivity contribution in [2.24, 2.45) is 0 Å². The van der Waals surface area contributed by atoms with Crippen LogP contribution in [0.4, 0.5) is 0 Å². The van der Waals surface area contributed by atoms with E-state index >= 15 is 0 Å². The van der Waals surface area contributed by atoms with E-state index in [0.717, 1.165) is 11.3 Å². The van der Waals surface area contributed by atoms with Crippen molar-refractivity contribution in [3.63, 3.8) is 0 Å². The lowest BCUT2D eigenvalue weighted by molar-refractivity contribution is -0.479. The van der Waals surface area contributed by atoms with Gasteiger partial charge in [-0.3, -0.25) is 14.7 Å². The van der Waals surface area contributed by atoms with Crippen LogP contribution in [0.2, 0.25) is 0 Å². The van der Waals surface area contributed by atoms with Crippen LogP contribution in [0.25, 0.3) is 5.69 Å². The van der Waals surface area contributed by atoms with Crippen LogP contribution < -0.4 is 9.47 Å². The summed E-state index contributed by atoms with van der Waals surface area (Å²) in [4.78, 5) is 11.2. The van der Waals surface area contributed by atoms with E-state index in [0.29, 0.717) is 32.5 Å². The van der Waals surface area contributed by atoms with Gasteiger partial charge in [-0.1, -0.05) is 33.8 Å². The predicted octanol–water partition coefficient (Wildman–Crippen LogP) is 5.08. The summed E-state index contributed by atoms with van der Waals surface area (Å²) in [7, 11) is 3.08. The lowest BCUT2D eigenvalue weighted by Crippen LogP contribution is -2.12. The number of aryl methyl sites for hydroxylation is 3. The van der Waals surface area contributed by atoms with Gasteiger partial charge in [0.05, 0.1) is 14.2 Å². The maximum atomic E-state index is 11.5. The number of methoxy groups -OCH3 is 2. The first-order chi connectivity index (χ1) is 14.7. The molecule has 31 heavy (non-hydrogen) atoms. The van der Waals surface area contributed by atoms with Gasteiger partial charge < -0.3 is 9.47 Å². The fourth-order valence-corrected chi connectivity index (χ4v) is 5.11. The van der Waals surface area contributed by atoms with Crippen LogP contribution in [0.3, 0.4) is 0 Å².